The van der Waals surface area contributed by atoms with Crippen molar-refractivity contribution in [2.75, 3.05) is 13.6 Å². The fraction of sp³-hybridized carbons (Fsp3) is 0.333. The summed E-state index contributed by atoms with van der Waals surface area (Å²) in [7, 11) is 1.81. The zero-order chi connectivity index (χ0) is 8.10. The number of hydrogen-bond donors (Lipinski definition) is 2. The summed E-state index contributed by atoms with van der Waals surface area (Å²) in [6.07, 6.45) is -0.439. The summed E-state index contributed by atoms with van der Waals surface area (Å²) in [5.41, 5.74) is 0.873. The second-order valence-corrected chi connectivity index (χ2v) is 2.34. The predicted molar refractivity (Wildman–Crippen MR) is 43.0 cm³/mol. The van der Waals surface area contributed by atoms with Crippen LogP contribution >= 0.6 is 0 Å². The molecule has 2 radical (unpaired) electrons. The third-order valence-electron chi connectivity index (χ3n) is 1.46. The molecule has 0 saturated heterocycles. The van der Waals surface area contributed by atoms with Crippen LogP contribution in [0.1, 0.15) is 11.7 Å². The van der Waals surface area contributed by atoms with E-state index in [0.29, 0.717) is 6.54 Å². The number of benzene rings is 1. The van der Waals surface area contributed by atoms with Crippen molar-refractivity contribution in [2.24, 2.45) is 0 Å². The standard InChI is InChI=1S/C9H11NO/c1-10-7-9(11)8-5-3-2-4-6-8/h3,5-6,9-11H,7H2,1H3. The summed E-state index contributed by atoms with van der Waals surface area (Å²) in [6.45, 7) is 0.567. The number of likely N-dealkylation sites (N-methyl/N-ethyl adjacent to an activating group) is 1. The molecule has 11 heavy (non-hydrogen) atoms. The lowest BCUT2D eigenvalue weighted by molar-refractivity contribution is 0.178. The third-order valence-corrected chi connectivity index (χ3v) is 1.46. The van der Waals surface area contributed by atoms with Gasteiger partial charge in [0.1, 0.15) is 0 Å². The largest absolute Gasteiger partial charge is 0.387 e. The molecule has 1 atom stereocenters. The molecule has 2 N–H and O–H groups in total. The van der Waals surface area contributed by atoms with E-state index in [1.807, 2.05) is 13.1 Å². The lowest BCUT2D eigenvalue weighted by Gasteiger charge is -2.08. The van der Waals surface area contributed by atoms with Crippen LogP contribution < -0.4 is 5.32 Å². The first kappa shape index (κ1) is 8.24. The molecule has 1 aromatic carbocycles. The highest BCUT2D eigenvalue weighted by atomic mass is 16.3. The Labute approximate surface area is 66.9 Å². The molecule has 0 amide bonds. The highest BCUT2D eigenvalue weighted by Crippen LogP contribution is 2.09. The summed E-state index contributed by atoms with van der Waals surface area (Å²) >= 11 is 0. The molecule has 0 aliphatic rings. The molecular weight excluding hydrogens is 138 g/mol. The van der Waals surface area contributed by atoms with Crippen molar-refractivity contribution >= 4 is 0 Å². The number of hydrogen-bond acceptors (Lipinski definition) is 2. The van der Waals surface area contributed by atoms with Crippen LogP contribution in [0.15, 0.2) is 18.2 Å². The summed E-state index contributed by atoms with van der Waals surface area (Å²) in [5.74, 6) is 0. The SMILES string of the molecule is CNCC(O)c1c[c][c]cc1. The van der Waals surface area contributed by atoms with E-state index in [4.69, 9.17) is 0 Å². The third kappa shape index (κ3) is 2.33. The monoisotopic (exact) mass is 149 g/mol. The van der Waals surface area contributed by atoms with Crippen molar-refractivity contribution in [1.29, 1.82) is 0 Å². The highest BCUT2D eigenvalue weighted by Gasteiger charge is 2.03. The first-order chi connectivity index (χ1) is 5.34. The minimum absolute atomic E-state index is 0.439. The molecule has 0 saturated carbocycles. The van der Waals surface area contributed by atoms with E-state index in [9.17, 15) is 5.11 Å². The molecule has 0 heterocycles. The Balaban J connectivity index is 2.61. The van der Waals surface area contributed by atoms with E-state index in [0.717, 1.165) is 5.56 Å². The molecule has 1 unspecified atom stereocenters. The van der Waals surface area contributed by atoms with Crippen LogP contribution in [0.5, 0.6) is 0 Å². The first-order valence-corrected chi connectivity index (χ1v) is 3.55. The van der Waals surface area contributed by atoms with Gasteiger partial charge >= 0.3 is 0 Å². The molecule has 2 nitrogen and oxygen atoms in total. The summed E-state index contributed by atoms with van der Waals surface area (Å²) in [6, 6.07) is 10.9. The molecule has 0 fully saturated rings. The lowest BCUT2D eigenvalue weighted by Crippen LogP contribution is -2.16. The van der Waals surface area contributed by atoms with Gasteiger partial charge in [-0.15, -0.1) is 0 Å². The van der Waals surface area contributed by atoms with E-state index < -0.39 is 6.10 Å². The number of nitrogens with one attached hydrogen (secondary N) is 1. The summed E-state index contributed by atoms with van der Waals surface area (Å²) in [4.78, 5) is 0. The summed E-state index contributed by atoms with van der Waals surface area (Å²) < 4.78 is 0. The van der Waals surface area contributed by atoms with Crippen molar-refractivity contribution in [3.05, 3.63) is 35.9 Å². The van der Waals surface area contributed by atoms with Gasteiger partial charge in [-0.2, -0.15) is 0 Å². The van der Waals surface area contributed by atoms with Gasteiger partial charge in [-0.1, -0.05) is 12.1 Å². The second-order valence-electron chi connectivity index (χ2n) is 2.34. The van der Waals surface area contributed by atoms with Crippen LogP contribution in [0.3, 0.4) is 0 Å². The Morgan fingerprint density at radius 3 is 3.00 bits per heavy atom. The van der Waals surface area contributed by atoms with Crippen LogP contribution in [0, 0.1) is 12.1 Å². The lowest BCUT2D eigenvalue weighted by atomic mass is 10.1. The van der Waals surface area contributed by atoms with Gasteiger partial charge in [0.15, 0.2) is 0 Å². The summed E-state index contributed by atoms with van der Waals surface area (Å²) in [5, 5.41) is 12.3. The van der Waals surface area contributed by atoms with Crippen LogP contribution in [0.4, 0.5) is 0 Å². The molecular formula is C9H11NO. The molecule has 0 aliphatic heterocycles. The zero-order valence-corrected chi connectivity index (χ0v) is 6.46. The number of rotatable bonds is 3. The molecule has 0 bridgehead atoms. The Hall–Kier alpha value is -0.860. The number of aliphatic hydroxyl groups is 1. The van der Waals surface area contributed by atoms with Crippen molar-refractivity contribution in [1.82, 2.24) is 5.32 Å². The van der Waals surface area contributed by atoms with Crippen molar-refractivity contribution in [3.8, 4) is 0 Å². The zero-order valence-electron chi connectivity index (χ0n) is 6.46. The van der Waals surface area contributed by atoms with Gasteiger partial charge in [-0.3, -0.25) is 0 Å². The molecule has 2 heteroatoms. The smallest absolute Gasteiger partial charge is 0.0914 e. The van der Waals surface area contributed by atoms with E-state index in [-0.39, 0.29) is 0 Å². The molecule has 1 rings (SSSR count). The maximum Gasteiger partial charge on any atom is 0.0914 e. The van der Waals surface area contributed by atoms with Crippen LogP contribution in [0.25, 0.3) is 0 Å². The van der Waals surface area contributed by atoms with E-state index in [2.05, 4.69) is 17.4 Å². The topological polar surface area (TPSA) is 32.3 Å². The van der Waals surface area contributed by atoms with Crippen LogP contribution in [0.2, 0.25) is 0 Å². The Bertz CT molecular complexity index is 198. The van der Waals surface area contributed by atoms with Gasteiger partial charge in [0.25, 0.3) is 0 Å². The van der Waals surface area contributed by atoms with Crippen LogP contribution in [-0.2, 0) is 0 Å². The fourth-order valence-corrected chi connectivity index (χ4v) is 0.878. The van der Waals surface area contributed by atoms with Gasteiger partial charge in [0.05, 0.1) is 6.10 Å². The minimum atomic E-state index is -0.439. The molecule has 0 aromatic heterocycles. The van der Waals surface area contributed by atoms with E-state index >= 15 is 0 Å². The molecule has 1 aromatic rings. The van der Waals surface area contributed by atoms with Crippen molar-refractivity contribution < 1.29 is 5.11 Å². The quantitative estimate of drug-likeness (QED) is 0.657. The maximum absolute atomic E-state index is 9.42. The fourth-order valence-electron chi connectivity index (χ4n) is 0.878. The first-order valence-electron chi connectivity index (χ1n) is 3.55. The van der Waals surface area contributed by atoms with E-state index in [1.54, 1.807) is 12.1 Å². The van der Waals surface area contributed by atoms with Crippen LogP contribution in [-0.4, -0.2) is 18.7 Å². The maximum atomic E-state index is 9.42. The van der Waals surface area contributed by atoms with E-state index in [1.165, 1.54) is 0 Å². The Kier molecular flexibility index (Phi) is 3.08. The van der Waals surface area contributed by atoms with Crippen molar-refractivity contribution in [3.63, 3.8) is 0 Å². The van der Waals surface area contributed by atoms with Gasteiger partial charge in [0.2, 0.25) is 0 Å². The second kappa shape index (κ2) is 4.11. The average Bonchev–Trinajstić information content (AvgIpc) is 2.07. The Morgan fingerprint density at radius 2 is 2.45 bits per heavy atom. The molecule has 0 aliphatic carbocycles. The average molecular weight is 149 g/mol. The number of aliphatic hydroxyl groups excluding tert-OH is 1. The minimum Gasteiger partial charge on any atom is -0.387 e. The molecule has 0 spiro atoms. The predicted octanol–water partition coefficient (Wildman–Crippen LogP) is 0.540. The van der Waals surface area contributed by atoms with Gasteiger partial charge in [-0.25, -0.2) is 0 Å². The van der Waals surface area contributed by atoms with Gasteiger partial charge < -0.3 is 10.4 Å². The van der Waals surface area contributed by atoms with Gasteiger partial charge in [-0.05, 0) is 30.8 Å². The molecule has 58 valence electrons. The normalized spacial score (nSPS) is 12.9. The van der Waals surface area contributed by atoms with Gasteiger partial charge in [0, 0.05) is 6.54 Å². The van der Waals surface area contributed by atoms with Crippen molar-refractivity contribution in [2.45, 2.75) is 6.10 Å². The highest BCUT2D eigenvalue weighted by molar-refractivity contribution is 5.15. The Morgan fingerprint density at radius 1 is 1.64 bits per heavy atom.